The topological polar surface area (TPSA) is 71.8 Å². The molecule has 1 heterocycles. The number of carbonyl (C=O) groups excluding carboxylic acids is 2. The van der Waals surface area contributed by atoms with Gasteiger partial charge in [0.1, 0.15) is 11.8 Å². The maximum Gasteiger partial charge on any atom is 0.328 e. The van der Waals surface area contributed by atoms with Crippen LogP contribution in [0.2, 0.25) is 0 Å². The summed E-state index contributed by atoms with van der Waals surface area (Å²) in [4.78, 5) is 28.2. The van der Waals surface area contributed by atoms with E-state index in [0.29, 0.717) is 12.0 Å². The van der Waals surface area contributed by atoms with Crippen LogP contribution in [0.4, 0.5) is 0 Å². The SMILES string of the molecule is CCCCN(Cc1ccc(C(=O)NC(CCSC)C(=O)OC)c(-c2ccccc2C)c1)Cc1ccco1. The molecule has 1 amide bonds. The van der Waals surface area contributed by atoms with Gasteiger partial charge in [0.15, 0.2) is 0 Å². The lowest BCUT2D eigenvalue weighted by Gasteiger charge is -2.23. The van der Waals surface area contributed by atoms with Crippen LogP contribution in [-0.4, -0.2) is 48.5 Å². The Hall–Kier alpha value is -3.03. The quantitative estimate of drug-likeness (QED) is 0.259. The van der Waals surface area contributed by atoms with Crippen LogP contribution in [0.25, 0.3) is 11.1 Å². The van der Waals surface area contributed by atoms with Crippen LogP contribution >= 0.6 is 11.8 Å². The molecule has 0 fully saturated rings. The first kappa shape index (κ1) is 28.5. The zero-order chi connectivity index (χ0) is 26.6. The lowest BCUT2D eigenvalue weighted by Crippen LogP contribution is -2.42. The predicted octanol–water partition coefficient (Wildman–Crippen LogP) is 6.08. The molecule has 6 nitrogen and oxygen atoms in total. The molecule has 0 spiro atoms. The van der Waals surface area contributed by atoms with Gasteiger partial charge in [0.25, 0.3) is 5.91 Å². The van der Waals surface area contributed by atoms with Gasteiger partial charge in [-0.25, -0.2) is 4.79 Å². The summed E-state index contributed by atoms with van der Waals surface area (Å²) >= 11 is 1.63. The highest BCUT2D eigenvalue weighted by Gasteiger charge is 2.24. The van der Waals surface area contributed by atoms with E-state index in [0.717, 1.165) is 66.2 Å². The van der Waals surface area contributed by atoms with Gasteiger partial charge in [0, 0.05) is 12.1 Å². The Morgan fingerprint density at radius 3 is 2.57 bits per heavy atom. The summed E-state index contributed by atoms with van der Waals surface area (Å²) in [7, 11) is 1.35. The van der Waals surface area contributed by atoms with E-state index in [1.807, 2.05) is 61.7 Å². The molecule has 0 saturated heterocycles. The minimum Gasteiger partial charge on any atom is -0.468 e. The Balaban J connectivity index is 1.93. The van der Waals surface area contributed by atoms with Crippen LogP contribution < -0.4 is 5.32 Å². The van der Waals surface area contributed by atoms with Crippen molar-refractivity contribution in [1.29, 1.82) is 0 Å². The minimum absolute atomic E-state index is 0.278. The lowest BCUT2D eigenvalue weighted by atomic mass is 9.93. The highest BCUT2D eigenvalue weighted by molar-refractivity contribution is 7.98. The summed E-state index contributed by atoms with van der Waals surface area (Å²) in [6, 6.07) is 17.3. The number of hydrogen-bond donors (Lipinski definition) is 1. The van der Waals surface area contributed by atoms with Crippen molar-refractivity contribution >= 4 is 23.6 Å². The maximum atomic E-state index is 13.5. The van der Waals surface area contributed by atoms with Gasteiger partial charge in [-0.3, -0.25) is 9.69 Å². The van der Waals surface area contributed by atoms with Gasteiger partial charge in [0.05, 0.1) is 19.9 Å². The summed E-state index contributed by atoms with van der Waals surface area (Å²) < 4.78 is 10.5. The highest BCUT2D eigenvalue weighted by atomic mass is 32.2. The molecule has 0 radical (unpaired) electrons. The second-order valence-corrected chi connectivity index (χ2v) is 10.2. The van der Waals surface area contributed by atoms with Crippen molar-refractivity contribution in [3.63, 3.8) is 0 Å². The number of hydrogen-bond acceptors (Lipinski definition) is 6. The molecule has 37 heavy (non-hydrogen) atoms. The molecule has 1 N–H and O–H groups in total. The Morgan fingerprint density at radius 1 is 1.08 bits per heavy atom. The molecule has 1 unspecified atom stereocenters. The average Bonchev–Trinajstić information content (AvgIpc) is 3.42. The molecule has 0 saturated carbocycles. The Morgan fingerprint density at radius 2 is 1.89 bits per heavy atom. The number of ether oxygens (including phenoxy) is 1. The van der Waals surface area contributed by atoms with Crippen LogP contribution in [0.15, 0.2) is 65.3 Å². The molecule has 0 aliphatic carbocycles. The standard InChI is InChI=1S/C30H38N2O4S/c1-5-6-16-32(21-24-11-9-17-36-24)20-23-13-14-26(27(19-23)25-12-8-7-10-22(25)2)29(33)31-28(15-18-37-4)30(34)35-3/h7-14,17,19,28H,5-6,15-16,18,20-21H2,1-4H3,(H,31,33). The van der Waals surface area contributed by atoms with Crippen LogP contribution in [0.1, 0.15) is 53.4 Å². The second-order valence-electron chi connectivity index (χ2n) is 9.17. The first-order chi connectivity index (χ1) is 18.0. The van der Waals surface area contributed by atoms with Gasteiger partial charge in [-0.2, -0.15) is 11.8 Å². The fraction of sp³-hybridized carbons (Fsp3) is 0.400. The zero-order valence-electron chi connectivity index (χ0n) is 22.3. The first-order valence-electron chi connectivity index (χ1n) is 12.8. The number of thioether (sulfide) groups is 1. The number of benzene rings is 2. The Bertz CT molecular complexity index is 1150. The summed E-state index contributed by atoms with van der Waals surface area (Å²) in [6.07, 6.45) is 6.39. The van der Waals surface area contributed by atoms with Gasteiger partial charge in [-0.05, 0) is 84.8 Å². The average molecular weight is 523 g/mol. The van der Waals surface area contributed by atoms with E-state index in [9.17, 15) is 9.59 Å². The number of esters is 1. The number of unbranched alkanes of at least 4 members (excludes halogenated alkanes) is 1. The number of methoxy groups -OCH3 is 1. The van der Waals surface area contributed by atoms with Crippen LogP contribution in [0, 0.1) is 6.92 Å². The molecule has 3 aromatic rings. The highest BCUT2D eigenvalue weighted by Crippen LogP contribution is 2.29. The molecule has 7 heteroatoms. The van der Waals surface area contributed by atoms with Crippen molar-refractivity contribution in [2.24, 2.45) is 0 Å². The molecule has 0 aliphatic rings. The molecule has 1 atom stereocenters. The number of carbonyl (C=O) groups is 2. The monoisotopic (exact) mass is 522 g/mol. The molecule has 0 bridgehead atoms. The molecule has 0 aliphatic heterocycles. The van der Waals surface area contributed by atoms with Gasteiger partial charge in [0.2, 0.25) is 0 Å². The zero-order valence-corrected chi connectivity index (χ0v) is 23.1. The summed E-state index contributed by atoms with van der Waals surface area (Å²) in [6.45, 7) is 6.65. The minimum atomic E-state index is -0.688. The largest absolute Gasteiger partial charge is 0.468 e. The van der Waals surface area contributed by atoms with Crippen LogP contribution in [-0.2, 0) is 22.6 Å². The number of nitrogens with one attached hydrogen (secondary N) is 1. The van der Waals surface area contributed by atoms with Crippen molar-refractivity contribution in [3.8, 4) is 11.1 Å². The maximum absolute atomic E-state index is 13.5. The van der Waals surface area contributed by atoms with E-state index >= 15 is 0 Å². The summed E-state index contributed by atoms with van der Waals surface area (Å²) in [5.74, 6) is 0.971. The smallest absolute Gasteiger partial charge is 0.328 e. The summed E-state index contributed by atoms with van der Waals surface area (Å²) in [5.41, 5.74) is 4.60. The number of aryl methyl sites for hydroxylation is 1. The van der Waals surface area contributed by atoms with E-state index in [1.165, 1.54) is 7.11 Å². The van der Waals surface area contributed by atoms with E-state index in [1.54, 1.807) is 18.0 Å². The third kappa shape index (κ3) is 8.23. The van der Waals surface area contributed by atoms with Gasteiger partial charge in [-0.1, -0.05) is 43.7 Å². The molecular weight excluding hydrogens is 484 g/mol. The van der Waals surface area contributed by atoms with Gasteiger partial charge >= 0.3 is 5.97 Å². The van der Waals surface area contributed by atoms with Crippen LogP contribution in [0.3, 0.4) is 0 Å². The third-order valence-electron chi connectivity index (χ3n) is 6.36. The van der Waals surface area contributed by atoms with E-state index < -0.39 is 12.0 Å². The molecule has 2 aromatic carbocycles. The summed E-state index contributed by atoms with van der Waals surface area (Å²) in [5, 5.41) is 2.92. The number of furan rings is 1. The Labute approximate surface area is 224 Å². The van der Waals surface area contributed by atoms with Crippen molar-refractivity contribution in [1.82, 2.24) is 10.2 Å². The number of nitrogens with zero attached hydrogens (tertiary/aromatic N) is 1. The van der Waals surface area contributed by atoms with E-state index in [2.05, 4.69) is 23.2 Å². The molecule has 3 rings (SSSR count). The molecule has 1 aromatic heterocycles. The predicted molar refractivity (Wildman–Crippen MR) is 151 cm³/mol. The Kier molecular flexibility index (Phi) is 11.3. The number of rotatable bonds is 14. The fourth-order valence-corrected chi connectivity index (χ4v) is 4.80. The second kappa shape index (κ2) is 14.6. The van der Waals surface area contributed by atoms with E-state index in [4.69, 9.17) is 9.15 Å². The van der Waals surface area contributed by atoms with Crippen LogP contribution in [0.5, 0.6) is 0 Å². The van der Waals surface area contributed by atoms with Crippen molar-refractivity contribution in [3.05, 3.63) is 83.3 Å². The van der Waals surface area contributed by atoms with Crippen molar-refractivity contribution in [2.45, 2.75) is 52.2 Å². The van der Waals surface area contributed by atoms with Gasteiger partial charge in [-0.15, -0.1) is 0 Å². The first-order valence-corrected chi connectivity index (χ1v) is 14.2. The molecule has 198 valence electrons. The van der Waals surface area contributed by atoms with E-state index in [-0.39, 0.29) is 5.91 Å². The third-order valence-corrected chi connectivity index (χ3v) is 7.00. The van der Waals surface area contributed by atoms with Crippen molar-refractivity contribution < 1.29 is 18.7 Å². The lowest BCUT2D eigenvalue weighted by molar-refractivity contribution is -0.142. The normalized spacial score (nSPS) is 11.9. The number of amides is 1. The fourth-order valence-electron chi connectivity index (χ4n) is 4.33. The van der Waals surface area contributed by atoms with Gasteiger partial charge < -0.3 is 14.5 Å². The molecular formula is C30H38N2O4S. The van der Waals surface area contributed by atoms with Crippen molar-refractivity contribution in [2.75, 3.05) is 25.7 Å².